The molecular formula is C16H27ClN2OS. The van der Waals surface area contributed by atoms with Gasteiger partial charge in [-0.2, -0.15) is 0 Å². The third kappa shape index (κ3) is 5.61. The number of rotatable bonds is 5. The summed E-state index contributed by atoms with van der Waals surface area (Å²) >= 11 is 1.85. The minimum Gasteiger partial charge on any atom is -0.352 e. The van der Waals surface area contributed by atoms with Crippen LogP contribution in [0.4, 0.5) is 0 Å². The smallest absolute Gasteiger partial charge is 0.220 e. The third-order valence-electron chi connectivity index (χ3n) is 4.10. The van der Waals surface area contributed by atoms with E-state index < -0.39 is 0 Å². The van der Waals surface area contributed by atoms with Gasteiger partial charge in [-0.15, -0.1) is 23.7 Å². The maximum atomic E-state index is 12.0. The molecular weight excluding hydrogens is 304 g/mol. The van der Waals surface area contributed by atoms with Crippen LogP contribution in [0.1, 0.15) is 47.9 Å². The van der Waals surface area contributed by atoms with Gasteiger partial charge < -0.3 is 10.6 Å². The number of carbonyl (C=O) groups is 1. The molecule has 2 atom stereocenters. The van der Waals surface area contributed by atoms with E-state index in [0.717, 1.165) is 32.2 Å². The van der Waals surface area contributed by atoms with E-state index in [2.05, 4.69) is 37.5 Å². The van der Waals surface area contributed by atoms with Crippen molar-refractivity contribution in [2.75, 3.05) is 6.54 Å². The fourth-order valence-corrected chi connectivity index (χ4v) is 3.87. The summed E-state index contributed by atoms with van der Waals surface area (Å²) in [5, 5.41) is 6.59. The van der Waals surface area contributed by atoms with Crippen molar-refractivity contribution in [1.82, 2.24) is 10.6 Å². The Labute approximate surface area is 138 Å². The highest BCUT2D eigenvalue weighted by Crippen LogP contribution is 2.22. The predicted molar refractivity (Wildman–Crippen MR) is 92.6 cm³/mol. The zero-order valence-corrected chi connectivity index (χ0v) is 14.8. The maximum absolute atomic E-state index is 12.0. The molecule has 1 aliphatic heterocycles. The van der Waals surface area contributed by atoms with Gasteiger partial charge in [0.25, 0.3) is 0 Å². The molecule has 5 heteroatoms. The summed E-state index contributed by atoms with van der Waals surface area (Å²) in [7, 11) is 0. The lowest BCUT2D eigenvalue weighted by atomic mass is 9.99. The lowest BCUT2D eigenvalue weighted by Crippen LogP contribution is -2.51. The first-order valence-corrected chi connectivity index (χ1v) is 8.46. The number of aryl methyl sites for hydroxylation is 3. The molecule has 1 aromatic rings. The lowest BCUT2D eigenvalue weighted by Gasteiger charge is -2.30. The molecule has 0 saturated carbocycles. The summed E-state index contributed by atoms with van der Waals surface area (Å²) in [6, 6.07) is 2.96. The second-order valence-corrected chi connectivity index (χ2v) is 7.31. The molecule has 3 nitrogen and oxygen atoms in total. The number of halogens is 1. The third-order valence-corrected chi connectivity index (χ3v) is 5.11. The maximum Gasteiger partial charge on any atom is 0.220 e. The molecule has 2 rings (SSSR count). The summed E-state index contributed by atoms with van der Waals surface area (Å²) in [5.41, 5.74) is 1.41. The zero-order valence-electron chi connectivity index (χ0n) is 13.2. The minimum absolute atomic E-state index is 0. The molecule has 0 radical (unpaired) electrons. The van der Waals surface area contributed by atoms with Crippen molar-refractivity contribution in [2.45, 2.75) is 65.0 Å². The van der Waals surface area contributed by atoms with Gasteiger partial charge in [-0.25, -0.2) is 0 Å². The van der Waals surface area contributed by atoms with Crippen LogP contribution in [0.3, 0.4) is 0 Å². The number of hydrogen-bond acceptors (Lipinski definition) is 3. The molecule has 21 heavy (non-hydrogen) atoms. The van der Waals surface area contributed by atoms with Crippen LogP contribution in [0, 0.1) is 13.8 Å². The Morgan fingerprint density at radius 3 is 2.86 bits per heavy atom. The predicted octanol–water partition coefficient (Wildman–Crippen LogP) is 3.37. The van der Waals surface area contributed by atoms with Gasteiger partial charge in [0.2, 0.25) is 5.91 Å². The molecule has 1 aromatic heterocycles. The van der Waals surface area contributed by atoms with E-state index in [9.17, 15) is 4.79 Å². The highest BCUT2D eigenvalue weighted by Gasteiger charge is 2.21. The van der Waals surface area contributed by atoms with Gasteiger partial charge in [0, 0.05) is 28.3 Å². The average molecular weight is 331 g/mol. The molecule has 1 amide bonds. The van der Waals surface area contributed by atoms with Crippen molar-refractivity contribution >= 4 is 29.7 Å². The Bertz CT molecular complexity index is 461. The van der Waals surface area contributed by atoms with Crippen LogP contribution in [-0.2, 0) is 11.2 Å². The molecule has 120 valence electrons. The molecule has 0 aliphatic carbocycles. The number of piperidine rings is 1. The second-order valence-electron chi connectivity index (χ2n) is 5.85. The Hall–Kier alpha value is -0.580. The largest absolute Gasteiger partial charge is 0.352 e. The van der Waals surface area contributed by atoms with E-state index in [-0.39, 0.29) is 18.3 Å². The van der Waals surface area contributed by atoms with E-state index in [4.69, 9.17) is 0 Å². The fraction of sp³-hybridized carbons (Fsp3) is 0.688. The Kier molecular flexibility index (Phi) is 7.71. The molecule has 0 spiro atoms. The van der Waals surface area contributed by atoms with Gasteiger partial charge in [0.05, 0.1) is 0 Å². The molecule has 1 saturated heterocycles. The molecule has 2 heterocycles. The van der Waals surface area contributed by atoms with Crippen LogP contribution in [0.15, 0.2) is 6.07 Å². The summed E-state index contributed by atoms with van der Waals surface area (Å²) in [6.07, 6.45) is 4.85. The van der Waals surface area contributed by atoms with Crippen LogP contribution >= 0.6 is 23.7 Å². The van der Waals surface area contributed by atoms with E-state index >= 15 is 0 Å². The number of nitrogens with one attached hydrogen (secondary N) is 2. The van der Waals surface area contributed by atoms with Crippen LogP contribution < -0.4 is 10.6 Å². The Morgan fingerprint density at radius 2 is 2.24 bits per heavy atom. The van der Waals surface area contributed by atoms with Gasteiger partial charge >= 0.3 is 0 Å². The molecule has 2 unspecified atom stereocenters. The quantitative estimate of drug-likeness (QED) is 0.869. The average Bonchev–Trinajstić information content (AvgIpc) is 2.71. The monoisotopic (exact) mass is 330 g/mol. The topological polar surface area (TPSA) is 41.1 Å². The van der Waals surface area contributed by atoms with Crippen molar-refractivity contribution in [3.05, 3.63) is 21.4 Å². The Balaban J connectivity index is 0.00000220. The van der Waals surface area contributed by atoms with Crippen LogP contribution in [-0.4, -0.2) is 24.5 Å². The summed E-state index contributed by atoms with van der Waals surface area (Å²) in [5.74, 6) is 0.204. The first-order valence-electron chi connectivity index (χ1n) is 7.65. The summed E-state index contributed by atoms with van der Waals surface area (Å²) < 4.78 is 0. The highest BCUT2D eigenvalue weighted by atomic mass is 35.5. The minimum atomic E-state index is 0. The molecule has 1 aliphatic rings. The van der Waals surface area contributed by atoms with Gasteiger partial charge in [-0.05, 0) is 64.6 Å². The van der Waals surface area contributed by atoms with Crippen molar-refractivity contribution < 1.29 is 4.79 Å². The van der Waals surface area contributed by atoms with E-state index in [1.165, 1.54) is 15.3 Å². The van der Waals surface area contributed by atoms with Gasteiger partial charge in [-0.1, -0.05) is 0 Å². The van der Waals surface area contributed by atoms with Crippen LogP contribution in [0.25, 0.3) is 0 Å². The number of hydrogen-bond donors (Lipinski definition) is 2. The van der Waals surface area contributed by atoms with Crippen molar-refractivity contribution in [2.24, 2.45) is 0 Å². The van der Waals surface area contributed by atoms with Gasteiger partial charge in [-0.3, -0.25) is 4.79 Å². The number of carbonyl (C=O) groups excluding carboxylic acids is 1. The van der Waals surface area contributed by atoms with E-state index in [1.54, 1.807) is 0 Å². The molecule has 2 N–H and O–H groups in total. The van der Waals surface area contributed by atoms with Crippen molar-refractivity contribution in [1.29, 1.82) is 0 Å². The number of thiophene rings is 1. The summed E-state index contributed by atoms with van der Waals surface area (Å²) in [6.45, 7) is 7.54. The molecule has 0 aromatic carbocycles. The zero-order chi connectivity index (χ0) is 14.5. The Morgan fingerprint density at radius 1 is 1.48 bits per heavy atom. The van der Waals surface area contributed by atoms with Gasteiger partial charge in [0.15, 0.2) is 0 Å². The molecule has 1 fully saturated rings. The molecule has 0 bridgehead atoms. The van der Waals surface area contributed by atoms with Crippen molar-refractivity contribution in [3.8, 4) is 0 Å². The van der Waals surface area contributed by atoms with Crippen LogP contribution in [0.2, 0.25) is 0 Å². The fourth-order valence-electron chi connectivity index (χ4n) is 2.89. The normalized spacial score (nSPS) is 21.7. The van der Waals surface area contributed by atoms with E-state index in [0.29, 0.717) is 18.5 Å². The first kappa shape index (κ1) is 18.5. The SMILES string of the molecule is Cc1cc(CCCC(=O)NC2CCCNC2C)c(C)s1.Cl. The lowest BCUT2D eigenvalue weighted by molar-refractivity contribution is -0.122. The second kappa shape index (κ2) is 8.76. The standard InChI is InChI=1S/C16H26N2OS.ClH/c1-11-10-14(13(3)20-11)6-4-8-16(19)18-15-7-5-9-17-12(15)2;/h10,12,15,17H,4-9H2,1-3H3,(H,18,19);1H. The van der Waals surface area contributed by atoms with Crippen LogP contribution in [0.5, 0.6) is 0 Å². The van der Waals surface area contributed by atoms with Crippen molar-refractivity contribution in [3.63, 3.8) is 0 Å². The first-order chi connectivity index (χ1) is 9.56. The van der Waals surface area contributed by atoms with E-state index in [1.807, 2.05) is 11.3 Å². The summed E-state index contributed by atoms with van der Waals surface area (Å²) in [4.78, 5) is 14.8. The van der Waals surface area contributed by atoms with Gasteiger partial charge in [0.1, 0.15) is 0 Å². The highest BCUT2D eigenvalue weighted by molar-refractivity contribution is 7.12. The number of amides is 1.